The van der Waals surface area contributed by atoms with Crippen LogP contribution >= 0.6 is 0 Å². The Morgan fingerprint density at radius 2 is 1.84 bits per heavy atom. The quantitative estimate of drug-likeness (QED) is 0.391. The van der Waals surface area contributed by atoms with Gasteiger partial charge in [0.25, 0.3) is 0 Å². The minimum atomic E-state index is -4.45. The first-order chi connectivity index (χ1) is 14.5. The van der Waals surface area contributed by atoms with Gasteiger partial charge in [-0.3, -0.25) is 9.98 Å². The van der Waals surface area contributed by atoms with Gasteiger partial charge in [-0.25, -0.2) is 4.79 Å². The maximum Gasteiger partial charge on any atom is 0.416 e. The van der Waals surface area contributed by atoms with Crippen LogP contribution in [0.5, 0.6) is 0 Å². The van der Waals surface area contributed by atoms with Gasteiger partial charge in [-0.1, -0.05) is 11.6 Å². The molecule has 5 nitrogen and oxygen atoms in total. The average Bonchev–Trinajstić information content (AvgIpc) is 2.71. The van der Waals surface area contributed by atoms with E-state index in [0.29, 0.717) is 17.8 Å². The molecule has 0 fully saturated rings. The molecule has 1 rings (SSSR count). The van der Waals surface area contributed by atoms with E-state index in [1.165, 1.54) is 4.90 Å². The third kappa shape index (κ3) is 8.78. The van der Waals surface area contributed by atoms with Crippen molar-refractivity contribution in [1.29, 1.82) is 0 Å². The van der Waals surface area contributed by atoms with Gasteiger partial charge < -0.3 is 9.64 Å². The normalized spacial score (nSPS) is 13.6. The Bertz CT molecular complexity index is 885. The smallest absolute Gasteiger partial charge is 0.416 e. The topological polar surface area (TPSA) is 54.3 Å². The lowest BCUT2D eigenvalue weighted by Gasteiger charge is -2.21. The van der Waals surface area contributed by atoms with Crippen LogP contribution in [0.1, 0.15) is 37.5 Å². The molecule has 1 aromatic carbocycles. The highest BCUT2D eigenvalue weighted by molar-refractivity contribution is 5.99. The number of aryl methyl sites for hydroxylation is 1. The summed E-state index contributed by atoms with van der Waals surface area (Å²) < 4.78 is 44.3. The first-order valence-corrected chi connectivity index (χ1v) is 9.84. The largest absolute Gasteiger partial charge is 0.445 e. The van der Waals surface area contributed by atoms with E-state index < -0.39 is 17.8 Å². The Labute approximate surface area is 182 Å². The number of allylic oxidation sites excluding steroid dienone is 3. The van der Waals surface area contributed by atoms with Crippen molar-refractivity contribution in [3.63, 3.8) is 0 Å². The number of amides is 1. The molecule has 0 saturated heterocycles. The second-order valence-electron chi connectivity index (χ2n) is 7.07. The lowest BCUT2D eigenvalue weighted by molar-refractivity contribution is -0.137. The summed E-state index contributed by atoms with van der Waals surface area (Å²) in [5.41, 5.74) is 2.64. The highest BCUT2D eigenvalue weighted by atomic mass is 19.4. The van der Waals surface area contributed by atoms with Crippen molar-refractivity contribution in [2.24, 2.45) is 9.98 Å². The van der Waals surface area contributed by atoms with Gasteiger partial charge in [0, 0.05) is 26.9 Å². The molecule has 0 aromatic heterocycles. The van der Waals surface area contributed by atoms with Crippen LogP contribution in [0.25, 0.3) is 0 Å². The van der Waals surface area contributed by atoms with Crippen molar-refractivity contribution in [3.05, 3.63) is 58.2 Å². The summed E-state index contributed by atoms with van der Waals surface area (Å²) >= 11 is 0. The molecule has 0 unspecified atom stereocenters. The Kier molecular flexibility index (Phi) is 10.2. The zero-order chi connectivity index (χ0) is 23.6. The summed E-state index contributed by atoms with van der Waals surface area (Å²) in [6.45, 7) is 7.59. The van der Waals surface area contributed by atoms with E-state index >= 15 is 0 Å². The van der Waals surface area contributed by atoms with E-state index in [0.717, 1.165) is 23.3 Å². The van der Waals surface area contributed by atoms with Crippen LogP contribution in [0.2, 0.25) is 0 Å². The molecule has 0 N–H and O–H groups in total. The Morgan fingerprint density at radius 1 is 1.16 bits per heavy atom. The first kappa shape index (κ1) is 26.1. The monoisotopic (exact) mass is 437 g/mol. The maximum absolute atomic E-state index is 13.0. The average molecular weight is 438 g/mol. The van der Waals surface area contributed by atoms with Crippen LogP contribution in [-0.4, -0.2) is 50.1 Å². The minimum Gasteiger partial charge on any atom is -0.445 e. The highest BCUT2D eigenvalue weighted by Crippen LogP contribution is 2.30. The fourth-order valence-electron chi connectivity index (χ4n) is 2.71. The lowest BCUT2D eigenvalue weighted by atomic mass is 10.1. The van der Waals surface area contributed by atoms with E-state index in [1.807, 2.05) is 26.0 Å². The predicted octanol–water partition coefficient (Wildman–Crippen LogP) is 5.64. The molecule has 0 aliphatic heterocycles. The predicted molar refractivity (Wildman–Crippen MR) is 119 cm³/mol. The van der Waals surface area contributed by atoms with E-state index in [-0.39, 0.29) is 18.7 Å². The van der Waals surface area contributed by atoms with Crippen LogP contribution in [-0.2, 0) is 17.5 Å². The molecular weight excluding hydrogens is 407 g/mol. The summed E-state index contributed by atoms with van der Waals surface area (Å²) in [7, 11) is 3.32. The van der Waals surface area contributed by atoms with Crippen molar-refractivity contribution in [2.45, 2.75) is 40.5 Å². The molecule has 1 amide bonds. The van der Waals surface area contributed by atoms with Gasteiger partial charge in [0.05, 0.1) is 17.8 Å². The summed E-state index contributed by atoms with van der Waals surface area (Å²) in [6, 6.07) is 3.62. The molecule has 8 heteroatoms. The molecule has 0 bridgehead atoms. The second-order valence-corrected chi connectivity index (χ2v) is 7.07. The zero-order valence-electron chi connectivity index (χ0n) is 18.9. The maximum atomic E-state index is 13.0. The number of aliphatic imine (C=N–C) groups is 2. The Hall–Kier alpha value is -2.90. The number of carbonyl (C=O) groups is 1. The van der Waals surface area contributed by atoms with Crippen LogP contribution in [0.4, 0.5) is 18.0 Å². The van der Waals surface area contributed by atoms with Gasteiger partial charge >= 0.3 is 12.3 Å². The lowest BCUT2D eigenvalue weighted by Crippen LogP contribution is -2.35. The molecule has 0 spiro atoms. The van der Waals surface area contributed by atoms with E-state index in [2.05, 4.69) is 9.98 Å². The van der Waals surface area contributed by atoms with Crippen molar-refractivity contribution in [1.82, 2.24) is 4.90 Å². The molecule has 0 aliphatic rings. The van der Waals surface area contributed by atoms with Gasteiger partial charge in [-0.15, -0.1) is 0 Å². The van der Waals surface area contributed by atoms with E-state index in [9.17, 15) is 18.0 Å². The zero-order valence-corrected chi connectivity index (χ0v) is 18.9. The van der Waals surface area contributed by atoms with Gasteiger partial charge in [0.2, 0.25) is 0 Å². The number of hydrogen-bond acceptors (Lipinski definition) is 4. The summed E-state index contributed by atoms with van der Waals surface area (Å²) in [5.74, 6) is 0. The number of nitrogens with zero attached hydrogens (tertiary/aromatic N) is 3. The molecule has 0 saturated carbocycles. The van der Waals surface area contributed by atoms with E-state index in [4.69, 9.17) is 4.74 Å². The SMILES string of the molecule is CCN(CC(/C=C(C)/C(C)=C/C=NC)=NC)C(=O)OCc1cc(C)cc(C(F)(F)F)c1. The fraction of sp³-hybridized carbons (Fsp3) is 0.435. The van der Waals surface area contributed by atoms with Gasteiger partial charge in [0.1, 0.15) is 6.61 Å². The number of ether oxygens (including phenoxy) is 1. The third-order valence-corrected chi connectivity index (χ3v) is 4.59. The second kappa shape index (κ2) is 12.1. The molecule has 0 radical (unpaired) electrons. The number of carbonyl (C=O) groups excluding carboxylic acids is 1. The molecule has 0 atom stereocenters. The number of halogens is 3. The molecule has 1 aromatic rings. The van der Waals surface area contributed by atoms with Gasteiger partial charge in [-0.2, -0.15) is 13.2 Å². The van der Waals surface area contributed by atoms with Gasteiger partial charge in [-0.05, 0) is 68.7 Å². The third-order valence-electron chi connectivity index (χ3n) is 4.59. The molecule has 0 heterocycles. The first-order valence-electron chi connectivity index (χ1n) is 9.84. The summed E-state index contributed by atoms with van der Waals surface area (Å²) in [6.07, 6.45) is 0.381. The van der Waals surface area contributed by atoms with Crippen molar-refractivity contribution in [2.75, 3.05) is 27.2 Å². The van der Waals surface area contributed by atoms with Crippen LogP contribution in [0.3, 0.4) is 0 Å². The molecular formula is C23H30F3N3O2. The number of hydrogen-bond donors (Lipinski definition) is 0. The molecule has 170 valence electrons. The minimum absolute atomic E-state index is 0.222. The summed E-state index contributed by atoms with van der Waals surface area (Å²) in [5, 5.41) is 0. The Balaban J connectivity index is 2.87. The van der Waals surface area contributed by atoms with Gasteiger partial charge in [0.15, 0.2) is 0 Å². The fourth-order valence-corrected chi connectivity index (χ4v) is 2.71. The van der Waals surface area contributed by atoms with E-state index in [1.54, 1.807) is 40.2 Å². The molecule has 31 heavy (non-hydrogen) atoms. The number of benzene rings is 1. The number of alkyl halides is 3. The van der Waals surface area contributed by atoms with Crippen LogP contribution in [0.15, 0.2) is 51.5 Å². The van der Waals surface area contributed by atoms with Crippen molar-refractivity contribution in [3.8, 4) is 0 Å². The molecule has 0 aliphatic carbocycles. The number of rotatable bonds is 8. The highest BCUT2D eigenvalue weighted by Gasteiger charge is 2.31. The van der Waals surface area contributed by atoms with Crippen LogP contribution in [0, 0.1) is 6.92 Å². The van der Waals surface area contributed by atoms with Crippen LogP contribution < -0.4 is 0 Å². The Morgan fingerprint density at radius 3 is 2.39 bits per heavy atom. The summed E-state index contributed by atoms with van der Waals surface area (Å²) in [4.78, 5) is 22.1. The van der Waals surface area contributed by atoms with Crippen molar-refractivity contribution >= 4 is 18.0 Å². The standard InChI is InChI=1S/C23H30F3N3O2/c1-7-29(14-21(28-6)12-18(4)17(3)8-9-27-5)22(30)31-15-19-10-16(2)11-20(13-19)23(24,25)26/h8-13H,7,14-15H2,1-6H3/b17-8+,18-12+,27-9?,28-21?. The van der Waals surface area contributed by atoms with Crippen molar-refractivity contribution < 1.29 is 22.7 Å².